The van der Waals surface area contributed by atoms with Crippen LogP contribution in [0.25, 0.3) is 0 Å². The molecule has 1 amide bonds. The third-order valence-corrected chi connectivity index (χ3v) is 4.94. The van der Waals surface area contributed by atoms with Crippen LogP contribution in [0.5, 0.6) is 0 Å². The first-order chi connectivity index (χ1) is 16.3. The van der Waals surface area contributed by atoms with E-state index in [1.54, 1.807) is 0 Å². The summed E-state index contributed by atoms with van der Waals surface area (Å²) in [5, 5.41) is 5.21. The molecule has 1 aromatic carbocycles. The first kappa shape index (κ1) is 27.5. The van der Waals surface area contributed by atoms with Crippen molar-refractivity contribution in [3.8, 4) is 24.2 Å². The molecule has 186 valence electrons. The molecule has 0 aliphatic rings. The van der Waals surface area contributed by atoms with Crippen molar-refractivity contribution < 1.29 is 30.8 Å². The number of benzene rings is 1. The van der Waals surface area contributed by atoms with Crippen molar-refractivity contribution in [3.05, 3.63) is 52.5 Å². The van der Waals surface area contributed by atoms with Gasteiger partial charge in [-0.2, -0.15) is 13.2 Å². The number of carbonyl (C=O) groups excluding carboxylic acids is 1. The Labute approximate surface area is 200 Å². The maximum atomic E-state index is 14.4. The standard InChI is InChI=1S/C23H22F4N4O3S/c1-4-6-11-28-22-17(7-9-19(30-22)23(25,26)27)8-10-20(32)29-14-15-12-16(5-2)21(18(24)13-15)31-35(3,33)34/h2,7,9,12-13,31H,4,6,11,14H2,1,3H3,(H,28,30)(H,29,32). The molecular formula is C23H22F4N4O3S. The topological polar surface area (TPSA) is 100 Å². The fourth-order valence-corrected chi connectivity index (χ4v) is 3.33. The van der Waals surface area contributed by atoms with E-state index in [2.05, 4.69) is 33.4 Å². The summed E-state index contributed by atoms with van der Waals surface area (Å²) in [4.78, 5) is 15.7. The average molecular weight is 511 g/mol. The van der Waals surface area contributed by atoms with Gasteiger partial charge in [0.05, 0.1) is 23.1 Å². The predicted octanol–water partition coefficient (Wildman–Crippen LogP) is 3.47. The third kappa shape index (κ3) is 8.50. The Morgan fingerprint density at radius 1 is 1.20 bits per heavy atom. The van der Waals surface area contributed by atoms with Gasteiger partial charge < -0.3 is 10.6 Å². The van der Waals surface area contributed by atoms with E-state index >= 15 is 0 Å². The van der Waals surface area contributed by atoms with Crippen LogP contribution in [0.2, 0.25) is 0 Å². The molecule has 2 rings (SSSR count). The number of rotatable bonds is 8. The van der Waals surface area contributed by atoms with E-state index in [1.807, 2.05) is 11.6 Å². The van der Waals surface area contributed by atoms with Crippen LogP contribution in [0.3, 0.4) is 0 Å². The van der Waals surface area contributed by atoms with Gasteiger partial charge in [-0.1, -0.05) is 25.2 Å². The number of sulfonamides is 1. The van der Waals surface area contributed by atoms with Crippen molar-refractivity contribution >= 4 is 27.4 Å². The number of hydrogen-bond donors (Lipinski definition) is 3. The van der Waals surface area contributed by atoms with E-state index in [9.17, 15) is 30.8 Å². The van der Waals surface area contributed by atoms with Crippen LogP contribution in [0, 0.1) is 30.0 Å². The van der Waals surface area contributed by atoms with E-state index in [1.165, 1.54) is 6.07 Å². The van der Waals surface area contributed by atoms with Gasteiger partial charge in [-0.3, -0.25) is 9.52 Å². The molecule has 0 radical (unpaired) electrons. The summed E-state index contributed by atoms with van der Waals surface area (Å²) in [6.07, 6.45) is 3.04. The number of alkyl halides is 3. The molecule has 12 heteroatoms. The summed E-state index contributed by atoms with van der Waals surface area (Å²) in [7, 11) is -3.77. The maximum absolute atomic E-state index is 14.4. The smallest absolute Gasteiger partial charge is 0.369 e. The molecule has 0 aliphatic carbocycles. The molecule has 0 unspecified atom stereocenters. The molecule has 3 N–H and O–H groups in total. The van der Waals surface area contributed by atoms with Gasteiger partial charge >= 0.3 is 6.18 Å². The van der Waals surface area contributed by atoms with Crippen LogP contribution < -0.4 is 15.4 Å². The van der Waals surface area contributed by atoms with E-state index < -0.39 is 33.6 Å². The van der Waals surface area contributed by atoms with Gasteiger partial charge in [0.25, 0.3) is 5.91 Å². The fraction of sp³-hybridized carbons (Fsp3) is 0.304. The van der Waals surface area contributed by atoms with Gasteiger partial charge in [0.1, 0.15) is 17.3 Å². The SMILES string of the molecule is C#Cc1cc(CNC(=O)C#Cc2ccc(C(F)(F)F)nc2NCCCC)cc(F)c1NS(C)(=O)=O. The van der Waals surface area contributed by atoms with Gasteiger partial charge in [0.2, 0.25) is 10.0 Å². The molecule has 35 heavy (non-hydrogen) atoms. The summed E-state index contributed by atoms with van der Waals surface area (Å²) in [5.74, 6) is 5.11. The second-order valence-corrected chi connectivity index (χ2v) is 9.07. The zero-order valence-corrected chi connectivity index (χ0v) is 19.6. The molecule has 7 nitrogen and oxygen atoms in total. The van der Waals surface area contributed by atoms with E-state index in [-0.39, 0.29) is 34.7 Å². The quantitative estimate of drug-likeness (QED) is 0.287. The van der Waals surface area contributed by atoms with Gasteiger partial charge in [-0.15, -0.1) is 6.42 Å². The Hall–Kier alpha value is -3.77. The van der Waals surface area contributed by atoms with Crippen LogP contribution in [0.4, 0.5) is 29.1 Å². The molecule has 0 atom stereocenters. The van der Waals surface area contributed by atoms with Crippen molar-refractivity contribution in [2.24, 2.45) is 0 Å². The summed E-state index contributed by atoms with van der Waals surface area (Å²) in [6, 6.07) is 4.20. The van der Waals surface area contributed by atoms with Gasteiger partial charge in [-0.05, 0) is 36.2 Å². The van der Waals surface area contributed by atoms with Gasteiger partial charge in [-0.25, -0.2) is 17.8 Å². The number of nitrogens with zero attached hydrogens (tertiary/aromatic N) is 1. The largest absolute Gasteiger partial charge is 0.433 e. The van der Waals surface area contributed by atoms with Crippen molar-refractivity contribution in [1.29, 1.82) is 0 Å². The molecule has 0 saturated heterocycles. The van der Waals surface area contributed by atoms with Gasteiger partial charge in [0, 0.05) is 19.0 Å². The Morgan fingerprint density at radius 2 is 1.91 bits per heavy atom. The predicted molar refractivity (Wildman–Crippen MR) is 124 cm³/mol. The number of amides is 1. The average Bonchev–Trinajstić information content (AvgIpc) is 2.76. The highest BCUT2D eigenvalue weighted by Gasteiger charge is 2.33. The number of anilines is 2. The van der Waals surface area contributed by atoms with Crippen LogP contribution in [-0.2, 0) is 27.5 Å². The molecule has 0 bridgehead atoms. The molecule has 0 spiro atoms. The van der Waals surface area contributed by atoms with Crippen molar-refractivity contribution in [2.75, 3.05) is 22.8 Å². The summed E-state index contributed by atoms with van der Waals surface area (Å²) < 4.78 is 78.1. The Balaban J connectivity index is 2.18. The first-order valence-electron chi connectivity index (χ1n) is 10.2. The monoisotopic (exact) mass is 510 g/mol. The van der Waals surface area contributed by atoms with Crippen molar-refractivity contribution in [1.82, 2.24) is 10.3 Å². The second-order valence-electron chi connectivity index (χ2n) is 7.32. The molecule has 0 aliphatic heterocycles. The van der Waals surface area contributed by atoms with Crippen LogP contribution in [0.1, 0.15) is 42.1 Å². The summed E-state index contributed by atoms with van der Waals surface area (Å²) in [5.41, 5.74) is -1.21. The summed E-state index contributed by atoms with van der Waals surface area (Å²) in [6.45, 7) is 2.10. The zero-order valence-electron chi connectivity index (χ0n) is 18.8. The highest BCUT2D eigenvalue weighted by Crippen LogP contribution is 2.29. The minimum Gasteiger partial charge on any atom is -0.369 e. The first-order valence-corrected chi connectivity index (χ1v) is 12.1. The van der Waals surface area contributed by atoms with Crippen molar-refractivity contribution in [3.63, 3.8) is 0 Å². The third-order valence-electron chi connectivity index (χ3n) is 4.37. The van der Waals surface area contributed by atoms with Crippen LogP contribution in [-0.4, -0.2) is 32.1 Å². The number of terminal acetylenes is 1. The Bertz CT molecular complexity index is 1310. The molecule has 0 fully saturated rings. The lowest BCUT2D eigenvalue weighted by molar-refractivity contribution is -0.141. The lowest BCUT2D eigenvalue weighted by Crippen LogP contribution is -2.21. The number of nitrogens with one attached hydrogen (secondary N) is 3. The fourth-order valence-electron chi connectivity index (χ4n) is 2.75. The van der Waals surface area contributed by atoms with Gasteiger partial charge in [0.15, 0.2) is 0 Å². The molecule has 1 aromatic heterocycles. The number of unbranched alkanes of at least 4 members (excludes halogenated alkanes) is 1. The highest BCUT2D eigenvalue weighted by molar-refractivity contribution is 7.92. The van der Waals surface area contributed by atoms with E-state index in [0.717, 1.165) is 30.9 Å². The van der Waals surface area contributed by atoms with E-state index in [4.69, 9.17) is 6.42 Å². The number of carbonyl (C=O) groups is 1. The van der Waals surface area contributed by atoms with Crippen LogP contribution in [0.15, 0.2) is 24.3 Å². The minimum atomic E-state index is -4.64. The molecular weight excluding hydrogens is 488 g/mol. The number of aromatic nitrogens is 1. The molecule has 0 saturated carbocycles. The Morgan fingerprint density at radius 3 is 2.51 bits per heavy atom. The minimum absolute atomic E-state index is 0.0654. The lowest BCUT2D eigenvalue weighted by atomic mass is 10.1. The lowest BCUT2D eigenvalue weighted by Gasteiger charge is -2.11. The molecule has 2 aromatic rings. The summed E-state index contributed by atoms with van der Waals surface area (Å²) >= 11 is 0. The second kappa shape index (κ2) is 11.6. The normalized spacial score (nSPS) is 11.1. The number of pyridine rings is 1. The zero-order chi connectivity index (χ0) is 26.2. The van der Waals surface area contributed by atoms with E-state index in [0.29, 0.717) is 13.0 Å². The number of halogens is 4. The molecule has 1 heterocycles. The maximum Gasteiger partial charge on any atom is 0.433 e. The highest BCUT2D eigenvalue weighted by atomic mass is 32.2. The Kier molecular flexibility index (Phi) is 9.09. The number of hydrogen-bond acceptors (Lipinski definition) is 5. The van der Waals surface area contributed by atoms with Crippen LogP contribution >= 0.6 is 0 Å². The van der Waals surface area contributed by atoms with Crippen molar-refractivity contribution in [2.45, 2.75) is 32.5 Å².